The van der Waals surface area contributed by atoms with E-state index >= 15 is 0 Å². The molecule has 264 valence electrons. The van der Waals surface area contributed by atoms with Gasteiger partial charge < -0.3 is 4.90 Å². The summed E-state index contributed by atoms with van der Waals surface area (Å²) < 4.78 is 0. The average molecular weight is 701 g/mol. The van der Waals surface area contributed by atoms with E-state index in [-0.39, 0.29) is 0 Å². The van der Waals surface area contributed by atoms with E-state index in [0.29, 0.717) is 5.95 Å². The monoisotopic (exact) mass is 700 g/mol. The Labute approximate surface area is 319 Å². The third-order valence-electron chi connectivity index (χ3n) is 10.2. The van der Waals surface area contributed by atoms with E-state index < -0.39 is 0 Å². The Morgan fingerprint density at radius 1 is 0.426 bits per heavy atom. The molecule has 0 aliphatic carbocycles. The van der Waals surface area contributed by atoms with Crippen LogP contribution in [0.15, 0.2) is 158 Å². The summed E-state index contributed by atoms with van der Waals surface area (Å²) in [7, 11) is 0. The van der Waals surface area contributed by atoms with Gasteiger partial charge in [-0.1, -0.05) is 120 Å². The van der Waals surface area contributed by atoms with Crippen LogP contribution < -0.4 is 9.80 Å². The highest BCUT2D eigenvalue weighted by atomic mass is 15.3. The standard InChI is InChI=1S/C50H44N4/c1-33-27-35(3)48(36(4)28-33)54(49-37(5)29-34(2)30-38(49)6)44-23-21-43(22-24-44)53(50-51-26-25-46(52-50)40-17-11-8-12-18-40)47-32-42-20-14-13-19-41(42)31-45(47)39-15-9-7-10-16-39/h7-32H,1-6H3. The fraction of sp³-hybridized carbons (Fsp3) is 0.120. The third-order valence-corrected chi connectivity index (χ3v) is 10.2. The molecular weight excluding hydrogens is 657 g/mol. The van der Waals surface area contributed by atoms with Crippen LogP contribution in [0, 0.1) is 41.5 Å². The van der Waals surface area contributed by atoms with Crippen molar-refractivity contribution in [1.29, 1.82) is 0 Å². The number of hydrogen-bond donors (Lipinski definition) is 0. The van der Waals surface area contributed by atoms with Crippen molar-refractivity contribution in [2.24, 2.45) is 0 Å². The first-order valence-corrected chi connectivity index (χ1v) is 18.6. The molecule has 0 atom stereocenters. The zero-order chi connectivity index (χ0) is 37.3. The number of nitrogens with zero attached hydrogens (tertiary/aromatic N) is 4. The summed E-state index contributed by atoms with van der Waals surface area (Å²) in [6, 6.07) is 54.0. The highest BCUT2D eigenvalue weighted by Gasteiger charge is 2.24. The fourth-order valence-electron chi connectivity index (χ4n) is 8.02. The topological polar surface area (TPSA) is 32.3 Å². The maximum Gasteiger partial charge on any atom is 0.235 e. The zero-order valence-electron chi connectivity index (χ0n) is 31.8. The third kappa shape index (κ3) is 6.63. The Balaban J connectivity index is 1.35. The molecule has 54 heavy (non-hydrogen) atoms. The second-order valence-corrected chi connectivity index (χ2v) is 14.4. The normalized spacial score (nSPS) is 11.1. The second-order valence-electron chi connectivity index (χ2n) is 14.4. The maximum atomic E-state index is 5.23. The number of benzene rings is 7. The minimum absolute atomic E-state index is 0.601. The molecule has 0 aliphatic rings. The maximum absolute atomic E-state index is 5.23. The van der Waals surface area contributed by atoms with Crippen LogP contribution in [0.1, 0.15) is 33.4 Å². The molecule has 1 heterocycles. The summed E-state index contributed by atoms with van der Waals surface area (Å²) in [5.74, 6) is 0.601. The molecule has 0 amide bonds. The van der Waals surface area contributed by atoms with E-state index in [9.17, 15) is 0 Å². The lowest BCUT2D eigenvalue weighted by molar-refractivity contribution is 1.08. The van der Waals surface area contributed by atoms with Gasteiger partial charge >= 0.3 is 0 Å². The molecule has 0 spiro atoms. The Morgan fingerprint density at radius 2 is 0.889 bits per heavy atom. The van der Waals surface area contributed by atoms with Crippen molar-refractivity contribution in [3.05, 3.63) is 191 Å². The first-order valence-electron chi connectivity index (χ1n) is 18.6. The van der Waals surface area contributed by atoms with Crippen LogP contribution in [0.5, 0.6) is 0 Å². The largest absolute Gasteiger partial charge is 0.309 e. The Hall–Kier alpha value is -6.52. The van der Waals surface area contributed by atoms with Gasteiger partial charge in [0.05, 0.1) is 22.8 Å². The number of aromatic nitrogens is 2. The van der Waals surface area contributed by atoms with Crippen molar-refractivity contribution in [3.63, 3.8) is 0 Å². The summed E-state index contributed by atoms with van der Waals surface area (Å²) in [5.41, 5.74) is 17.1. The van der Waals surface area contributed by atoms with Gasteiger partial charge in [-0.15, -0.1) is 0 Å². The molecule has 0 bridgehead atoms. The Bertz CT molecular complexity index is 2510. The summed E-state index contributed by atoms with van der Waals surface area (Å²) in [6.07, 6.45) is 1.86. The molecule has 4 heteroatoms. The van der Waals surface area contributed by atoms with Crippen LogP contribution in [-0.4, -0.2) is 9.97 Å². The summed E-state index contributed by atoms with van der Waals surface area (Å²) in [5, 5.41) is 2.33. The minimum Gasteiger partial charge on any atom is -0.309 e. The van der Waals surface area contributed by atoms with E-state index in [1.54, 1.807) is 0 Å². The number of aryl methyl sites for hydroxylation is 6. The molecule has 0 unspecified atom stereocenters. The van der Waals surface area contributed by atoms with Crippen LogP contribution in [-0.2, 0) is 0 Å². The van der Waals surface area contributed by atoms with Gasteiger partial charge in [0.25, 0.3) is 0 Å². The van der Waals surface area contributed by atoms with Crippen molar-refractivity contribution < 1.29 is 0 Å². The van der Waals surface area contributed by atoms with Gasteiger partial charge in [-0.2, -0.15) is 0 Å². The summed E-state index contributed by atoms with van der Waals surface area (Å²) >= 11 is 0. The first kappa shape index (κ1) is 34.6. The van der Waals surface area contributed by atoms with Crippen molar-refractivity contribution in [3.8, 4) is 22.4 Å². The molecule has 7 aromatic carbocycles. The average Bonchev–Trinajstić information content (AvgIpc) is 3.17. The highest BCUT2D eigenvalue weighted by Crippen LogP contribution is 2.46. The lowest BCUT2D eigenvalue weighted by Gasteiger charge is -2.32. The first-order chi connectivity index (χ1) is 26.2. The quantitative estimate of drug-likeness (QED) is 0.158. The van der Waals surface area contributed by atoms with Gasteiger partial charge in [0.15, 0.2) is 0 Å². The van der Waals surface area contributed by atoms with Crippen LogP contribution in [0.2, 0.25) is 0 Å². The highest BCUT2D eigenvalue weighted by molar-refractivity contribution is 5.98. The second kappa shape index (κ2) is 14.5. The van der Waals surface area contributed by atoms with Gasteiger partial charge in [-0.05, 0) is 123 Å². The van der Waals surface area contributed by atoms with E-state index in [2.05, 4.69) is 179 Å². The molecule has 0 saturated heterocycles. The molecule has 8 rings (SSSR count). The smallest absolute Gasteiger partial charge is 0.235 e. The SMILES string of the molecule is Cc1cc(C)c(N(c2ccc(N(c3nccc(-c4ccccc4)n3)c3cc4ccccc4cc3-c3ccccc3)cc2)c2c(C)cc(C)cc2C)c(C)c1. The van der Waals surface area contributed by atoms with Crippen molar-refractivity contribution in [1.82, 2.24) is 9.97 Å². The van der Waals surface area contributed by atoms with Crippen LogP contribution in [0.3, 0.4) is 0 Å². The van der Waals surface area contributed by atoms with E-state index in [1.165, 1.54) is 50.1 Å². The van der Waals surface area contributed by atoms with Gasteiger partial charge in [0.2, 0.25) is 5.95 Å². The predicted molar refractivity (Wildman–Crippen MR) is 228 cm³/mol. The fourth-order valence-corrected chi connectivity index (χ4v) is 8.02. The molecule has 4 nitrogen and oxygen atoms in total. The molecule has 0 N–H and O–H groups in total. The number of fused-ring (bicyclic) bond motifs is 1. The Morgan fingerprint density at radius 3 is 1.43 bits per heavy atom. The van der Waals surface area contributed by atoms with E-state index in [0.717, 1.165) is 44.8 Å². The molecule has 0 aliphatic heterocycles. The molecule has 0 radical (unpaired) electrons. The number of hydrogen-bond acceptors (Lipinski definition) is 4. The summed E-state index contributed by atoms with van der Waals surface area (Å²) in [6.45, 7) is 13.2. The van der Waals surface area contributed by atoms with Gasteiger partial charge in [-0.25, -0.2) is 9.97 Å². The summed E-state index contributed by atoms with van der Waals surface area (Å²) in [4.78, 5) is 14.8. The molecule has 1 aromatic heterocycles. The molecule has 0 saturated carbocycles. The van der Waals surface area contributed by atoms with Crippen molar-refractivity contribution >= 4 is 45.2 Å². The number of rotatable bonds is 8. The van der Waals surface area contributed by atoms with Crippen LogP contribution in [0.4, 0.5) is 34.4 Å². The lowest BCUT2D eigenvalue weighted by Crippen LogP contribution is -2.17. The van der Waals surface area contributed by atoms with Gasteiger partial charge in [0.1, 0.15) is 0 Å². The lowest BCUT2D eigenvalue weighted by atomic mass is 9.97. The van der Waals surface area contributed by atoms with E-state index in [1.807, 2.05) is 30.5 Å². The van der Waals surface area contributed by atoms with Crippen molar-refractivity contribution in [2.45, 2.75) is 41.5 Å². The minimum atomic E-state index is 0.601. The zero-order valence-corrected chi connectivity index (χ0v) is 31.8. The molecule has 0 fully saturated rings. The van der Waals surface area contributed by atoms with E-state index in [4.69, 9.17) is 9.97 Å². The molecular formula is C50H44N4. The van der Waals surface area contributed by atoms with Gasteiger partial charge in [-0.3, -0.25) is 4.90 Å². The van der Waals surface area contributed by atoms with Crippen LogP contribution >= 0.6 is 0 Å². The predicted octanol–water partition coefficient (Wildman–Crippen LogP) is 13.8. The Kier molecular flexibility index (Phi) is 9.27. The number of anilines is 6. The molecule has 8 aromatic rings. The van der Waals surface area contributed by atoms with Crippen molar-refractivity contribution in [2.75, 3.05) is 9.80 Å². The van der Waals surface area contributed by atoms with Gasteiger partial charge in [0, 0.05) is 28.7 Å². The van der Waals surface area contributed by atoms with Crippen LogP contribution in [0.25, 0.3) is 33.2 Å².